The average Bonchev–Trinajstić information content (AvgIpc) is 2.25. The highest BCUT2D eigenvalue weighted by Gasteiger charge is 2.42. The summed E-state index contributed by atoms with van der Waals surface area (Å²) in [6, 6.07) is 0. The van der Waals surface area contributed by atoms with Crippen molar-refractivity contribution in [3.63, 3.8) is 0 Å². The maximum Gasteiger partial charge on any atom is 0.225 e. The fraction of sp³-hybridized carbons (Fsp3) is 0.833. The monoisotopic (exact) mass is 224 g/mol. The van der Waals surface area contributed by atoms with E-state index in [0.717, 1.165) is 25.7 Å². The minimum atomic E-state index is -0.675. The lowest BCUT2D eigenvalue weighted by atomic mass is 9.80. The summed E-state index contributed by atoms with van der Waals surface area (Å²) in [6.45, 7) is 2.70. The van der Waals surface area contributed by atoms with Gasteiger partial charge in [0.05, 0.1) is 18.7 Å². The molecule has 1 aliphatic heterocycles. The van der Waals surface area contributed by atoms with Crippen LogP contribution in [0.5, 0.6) is 0 Å². The molecule has 0 aromatic heterocycles. The molecule has 2 N–H and O–H groups in total. The van der Waals surface area contributed by atoms with Crippen LogP contribution < -0.4 is 0 Å². The van der Waals surface area contributed by atoms with Gasteiger partial charge in [-0.15, -0.1) is 0 Å². The fourth-order valence-corrected chi connectivity index (χ4v) is 2.79. The number of likely N-dealkylation sites (tertiary alicyclic amines) is 1. The van der Waals surface area contributed by atoms with Crippen molar-refractivity contribution >= 4 is 12.1 Å². The second-order valence-corrected chi connectivity index (χ2v) is 5.48. The van der Waals surface area contributed by atoms with Crippen molar-refractivity contribution in [1.29, 1.82) is 5.41 Å². The summed E-state index contributed by atoms with van der Waals surface area (Å²) in [7, 11) is 0. The van der Waals surface area contributed by atoms with E-state index < -0.39 is 5.60 Å². The third-order valence-corrected chi connectivity index (χ3v) is 3.67. The van der Waals surface area contributed by atoms with Gasteiger partial charge in [0, 0.05) is 5.92 Å². The number of aliphatic hydroxyl groups is 1. The molecule has 2 atom stereocenters. The molecule has 0 unspecified atom stereocenters. The first kappa shape index (κ1) is 11.6. The van der Waals surface area contributed by atoms with Crippen molar-refractivity contribution in [3.05, 3.63) is 0 Å². The van der Waals surface area contributed by atoms with E-state index >= 15 is 0 Å². The summed E-state index contributed by atoms with van der Waals surface area (Å²) in [5, 5.41) is 16.9. The van der Waals surface area contributed by atoms with E-state index in [9.17, 15) is 9.90 Å². The van der Waals surface area contributed by atoms with Gasteiger partial charge in [0.25, 0.3) is 0 Å². The number of nitrogens with one attached hydrogen (secondary N) is 1. The number of amides is 1. The minimum Gasteiger partial charge on any atom is -0.386 e. The van der Waals surface area contributed by atoms with Crippen LogP contribution in [-0.4, -0.2) is 40.8 Å². The second-order valence-electron chi connectivity index (χ2n) is 5.48. The van der Waals surface area contributed by atoms with Gasteiger partial charge in [-0.2, -0.15) is 0 Å². The Kier molecular flexibility index (Phi) is 3.02. The van der Waals surface area contributed by atoms with Gasteiger partial charge in [0.15, 0.2) is 0 Å². The van der Waals surface area contributed by atoms with E-state index in [2.05, 4.69) is 0 Å². The Morgan fingerprint density at radius 3 is 2.75 bits per heavy atom. The van der Waals surface area contributed by atoms with Crippen molar-refractivity contribution in [2.45, 2.75) is 38.2 Å². The van der Waals surface area contributed by atoms with Gasteiger partial charge in [-0.3, -0.25) is 4.79 Å². The molecule has 1 aliphatic carbocycles. The quantitative estimate of drug-likeness (QED) is 0.688. The van der Waals surface area contributed by atoms with Gasteiger partial charge in [-0.1, -0.05) is 6.42 Å². The number of β-amino-alcohol motifs (C(OH)–C–C–N with tert-alkyl or cyclic N) is 1. The highest BCUT2D eigenvalue weighted by atomic mass is 16.3. The van der Waals surface area contributed by atoms with E-state index in [1.165, 1.54) is 6.21 Å². The van der Waals surface area contributed by atoms with Crippen molar-refractivity contribution in [2.24, 2.45) is 11.8 Å². The van der Waals surface area contributed by atoms with Crippen LogP contribution in [0.25, 0.3) is 0 Å². The molecule has 0 bridgehead atoms. The summed E-state index contributed by atoms with van der Waals surface area (Å²) in [4.78, 5) is 13.8. The Labute approximate surface area is 96.1 Å². The van der Waals surface area contributed by atoms with Crippen molar-refractivity contribution in [3.8, 4) is 0 Å². The predicted molar refractivity (Wildman–Crippen MR) is 61.4 cm³/mol. The van der Waals surface area contributed by atoms with E-state index in [-0.39, 0.29) is 17.7 Å². The van der Waals surface area contributed by atoms with Crippen LogP contribution in [0, 0.1) is 17.2 Å². The van der Waals surface area contributed by atoms with Gasteiger partial charge < -0.3 is 15.4 Å². The molecular formula is C12H20N2O2. The second kappa shape index (κ2) is 4.17. The maximum absolute atomic E-state index is 12.1. The standard InChI is InChI=1S/C12H20N2O2/c1-12(16)7-14(8-12)11(15)10-4-2-3-9(5-10)6-13/h6,9-10,13,16H,2-5,7-8H2,1H3/t9-,10+/m0/s1. The van der Waals surface area contributed by atoms with E-state index in [1.807, 2.05) is 0 Å². The molecule has 0 aromatic carbocycles. The SMILES string of the molecule is CC1(O)CN(C(=O)[C@@H]2CCC[C@H](C=N)C2)C1. The Balaban J connectivity index is 1.88. The molecule has 0 spiro atoms. The van der Waals surface area contributed by atoms with Gasteiger partial charge in [-0.05, 0) is 38.3 Å². The summed E-state index contributed by atoms with van der Waals surface area (Å²) in [5.74, 6) is 0.541. The zero-order valence-electron chi connectivity index (χ0n) is 9.78. The lowest BCUT2D eigenvalue weighted by Crippen LogP contribution is -2.63. The zero-order chi connectivity index (χ0) is 11.8. The van der Waals surface area contributed by atoms with Crippen LogP contribution in [-0.2, 0) is 4.79 Å². The topological polar surface area (TPSA) is 64.4 Å². The van der Waals surface area contributed by atoms with Crippen LogP contribution in [0.3, 0.4) is 0 Å². The lowest BCUT2D eigenvalue weighted by molar-refractivity contribution is -0.157. The summed E-state index contributed by atoms with van der Waals surface area (Å²) in [5.41, 5.74) is -0.675. The van der Waals surface area contributed by atoms with E-state index in [1.54, 1.807) is 11.8 Å². The van der Waals surface area contributed by atoms with Gasteiger partial charge in [0.1, 0.15) is 0 Å². The Morgan fingerprint density at radius 2 is 2.19 bits per heavy atom. The molecule has 2 aliphatic rings. The summed E-state index contributed by atoms with van der Waals surface area (Å²) < 4.78 is 0. The molecule has 0 radical (unpaired) electrons. The molecule has 4 nitrogen and oxygen atoms in total. The highest BCUT2D eigenvalue weighted by molar-refractivity contribution is 5.80. The minimum absolute atomic E-state index is 0.0800. The first-order valence-corrected chi connectivity index (χ1v) is 6.03. The van der Waals surface area contributed by atoms with Gasteiger partial charge in [0.2, 0.25) is 5.91 Å². The molecule has 4 heteroatoms. The Bertz CT molecular complexity index is 293. The number of carbonyl (C=O) groups is 1. The van der Waals surface area contributed by atoms with E-state index in [4.69, 9.17) is 5.41 Å². The molecular weight excluding hydrogens is 204 g/mol. The van der Waals surface area contributed by atoms with Crippen LogP contribution in [0.4, 0.5) is 0 Å². The lowest BCUT2D eigenvalue weighted by Gasteiger charge is -2.46. The zero-order valence-corrected chi connectivity index (χ0v) is 9.78. The van der Waals surface area contributed by atoms with Crippen LogP contribution in [0.15, 0.2) is 0 Å². The smallest absolute Gasteiger partial charge is 0.225 e. The van der Waals surface area contributed by atoms with Gasteiger partial charge >= 0.3 is 0 Å². The molecule has 0 aromatic rings. The molecule has 1 saturated heterocycles. The van der Waals surface area contributed by atoms with Gasteiger partial charge in [-0.25, -0.2) is 0 Å². The van der Waals surface area contributed by atoms with Crippen LogP contribution >= 0.6 is 0 Å². The fourth-order valence-electron chi connectivity index (χ4n) is 2.79. The van der Waals surface area contributed by atoms with Crippen LogP contribution in [0.1, 0.15) is 32.6 Å². The number of nitrogens with zero attached hydrogens (tertiary/aromatic N) is 1. The molecule has 1 amide bonds. The Morgan fingerprint density at radius 1 is 1.50 bits per heavy atom. The third kappa shape index (κ3) is 2.26. The molecule has 1 saturated carbocycles. The Hall–Kier alpha value is -0.900. The summed E-state index contributed by atoms with van der Waals surface area (Å²) >= 11 is 0. The van der Waals surface area contributed by atoms with Crippen molar-refractivity contribution in [2.75, 3.05) is 13.1 Å². The van der Waals surface area contributed by atoms with Crippen LogP contribution in [0.2, 0.25) is 0 Å². The predicted octanol–water partition coefficient (Wildman–Crippen LogP) is 1.04. The first-order valence-electron chi connectivity index (χ1n) is 6.03. The molecule has 2 rings (SSSR count). The molecule has 1 heterocycles. The normalized spacial score (nSPS) is 33.0. The number of hydrogen-bond acceptors (Lipinski definition) is 3. The van der Waals surface area contributed by atoms with Crippen molar-refractivity contribution < 1.29 is 9.90 Å². The molecule has 90 valence electrons. The largest absolute Gasteiger partial charge is 0.386 e. The van der Waals surface area contributed by atoms with E-state index in [0.29, 0.717) is 13.1 Å². The number of hydrogen-bond donors (Lipinski definition) is 2. The third-order valence-electron chi connectivity index (χ3n) is 3.67. The summed E-state index contributed by atoms with van der Waals surface area (Å²) in [6.07, 6.45) is 5.33. The average molecular weight is 224 g/mol. The molecule has 2 fully saturated rings. The maximum atomic E-state index is 12.1. The van der Waals surface area contributed by atoms with Crippen molar-refractivity contribution in [1.82, 2.24) is 4.90 Å². The highest BCUT2D eigenvalue weighted by Crippen LogP contribution is 2.31. The molecule has 16 heavy (non-hydrogen) atoms. The first-order chi connectivity index (χ1) is 7.52. The number of carbonyl (C=O) groups excluding carboxylic acids is 1. The number of rotatable bonds is 2.